The van der Waals surface area contributed by atoms with Gasteiger partial charge in [0.2, 0.25) is 5.91 Å². The molecule has 3 heterocycles. The number of halogens is 2. The van der Waals surface area contributed by atoms with Gasteiger partial charge in [-0.1, -0.05) is 43.1 Å². The number of amides is 2. The second-order valence-corrected chi connectivity index (χ2v) is 11.3. The number of benzene rings is 2. The van der Waals surface area contributed by atoms with Crippen molar-refractivity contribution in [1.29, 1.82) is 0 Å². The van der Waals surface area contributed by atoms with Gasteiger partial charge in [-0.15, -0.1) is 0 Å². The van der Waals surface area contributed by atoms with Crippen LogP contribution in [-0.2, 0) is 25.5 Å². The smallest absolute Gasteiger partial charge is 0.310 e. The number of ether oxygens (including phenoxy) is 2. The van der Waals surface area contributed by atoms with Crippen molar-refractivity contribution < 1.29 is 28.2 Å². The first-order valence-electron chi connectivity index (χ1n) is 14.6. The lowest BCUT2D eigenvalue weighted by Crippen LogP contribution is -2.30. The fraction of sp³-hybridized carbons (Fsp3) is 0.344. The second-order valence-electron chi connectivity index (χ2n) is 10.9. The molecule has 0 saturated heterocycles. The van der Waals surface area contributed by atoms with Crippen LogP contribution in [0.5, 0.6) is 0 Å². The van der Waals surface area contributed by atoms with Gasteiger partial charge in [-0.3, -0.25) is 19.0 Å². The molecule has 0 aliphatic carbocycles. The average molecular weight is 637 g/mol. The van der Waals surface area contributed by atoms with Crippen LogP contribution in [0.2, 0.25) is 5.02 Å². The molecule has 2 amide bonds. The Balaban J connectivity index is 1.41. The van der Waals surface area contributed by atoms with Crippen molar-refractivity contribution in [3.8, 4) is 16.9 Å². The summed E-state index contributed by atoms with van der Waals surface area (Å²) in [6.45, 7) is 3.99. The lowest BCUT2D eigenvalue weighted by atomic mass is 9.98. The van der Waals surface area contributed by atoms with Crippen LogP contribution in [0.1, 0.15) is 59.8 Å². The summed E-state index contributed by atoms with van der Waals surface area (Å²) in [6.07, 6.45) is 4.75. The third-order valence-electron chi connectivity index (χ3n) is 7.75. The molecule has 45 heavy (non-hydrogen) atoms. The number of carbonyl (C=O) groups is 3. The van der Waals surface area contributed by atoms with E-state index in [2.05, 4.69) is 25.6 Å². The van der Waals surface area contributed by atoms with Gasteiger partial charge in [0.05, 0.1) is 53.1 Å². The summed E-state index contributed by atoms with van der Waals surface area (Å²) in [5.74, 6) is -1.40. The summed E-state index contributed by atoms with van der Waals surface area (Å²) < 4.78 is 26.3. The summed E-state index contributed by atoms with van der Waals surface area (Å²) in [5, 5.41) is 6.01. The highest BCUT2D eigenvalue weighted by atomic mass is 35.5. The number of nitrogens with zero attached hydrogens (tertiary/aromatic N) is 3. The number of rotatable bonds is 8. The number of carbonyl (C=O) groups excluding carboxylic acids is 3. The van der Waals surface area contributed by atoms with E-state index in [-0.39, 0.29) is 41.3 Å². The third-order valence-corrected chi connectivity index (χ3v) is 8.04. The van der Waals surface area contributed by atoms with Crippen molar-refractivity contribution in [2.75, 3.05) is 25.6 Å². The highest BCUT2D eigenvalue weighted by Crippen LogP contribution is 2.32. The van der Waals surface area contributed by atoms with Crippen molar-refractivity contribution in [3.63, 3.8) is 0 Å². The number of aromatic amines is 1. The van der Waals surface area contributed by atoms with Crippen LogP contribution in [0.4, 0.5) is 10.1 Å². The SMILES string of the molecule is COCCOC(=O)Cc1ccc2c(c1)NC(=O)[C@H](C)CCC[C@H](NC(=O)c1ncn(-c3cccc(Cl)c3F)c1C)c1ncc-2[nH]1. The van der Waals surface area contributed by atoms with Gasteiger partial charge in [0.1, 0.15) is 24.5 Å². The molecule has 0 saturated carbocycles. The van der Waals surface area contributed by atoms with Crippen LogP contribution in [0.3, 0.4) is 0 Å². The Morgan fingerprint density at radius 3 is 2.80 bits per heavy atom. The molecule has 2 atom stereocenters. The molecule has 236 valence electrons. The number of methoxy groups -OCH3 is 1. The Hall–Kier alpha value is -4.55. The molecule has 0 spiro atoms. The molecule has 0 fully saturated rings. The standard InChI is InChI=1S/C32H34ClFN6O5/c1-18-6-4-8-23(38-32(43)29-19(2)40(17-36-29)26-9-5-7-22(33)28(26)34)30-35-16-25(37-30)21-11-10-20(14-24(21)39-31(18)42)15-27(41)45-13-12-44-3/h5,7,9-11,14,16-18,23H,4,6,8,12-13,15H2,1-3H3,(H,35,37)(H,38,43)(H,39,42)/t18-,23+/m1/s1. The van der Waals surface area contributed by atoms with Crippen molar-refractivity contribution >= 4 is 35.1 Å². The topological polar surface area (TPSA) is 140 Å². The van der Waals surface area contributed by atoms with Crippen LogP contribution in [-0.4, -0.2) is 57.6 Å². The van der Waals surface area contributed by atoms with Crippen molar-refractivity contribution in [1.82, 2.24) is 24.8 Å². The van der Waals surface area contributed by atoms with Crippen molar-refractivity contribution in [2.24, 2.45) is 5.92 Å². The number of esters is 1. The number of aromatic nitrogens is 4. The summed E-state index contributed by atoms with van der Waals surface area (Å²) in [7, 11) is 1.53. The van der Waals surface area contributed by atoms with Gasteiger partial charge >= 0.3 is 5.97 Å². The van der Waals surface area contributed by atoms with E-state index >= 15 is 0 Å². The molecule has 3 N–H and O–H groups in total. The molecular formula is C32H34ClFN6O5. The van der Waals surface area contributed by atoms with Crippen LogP contribution >= 0.6 is 11.6 Å². The molecule has 5 rings (SSSR count). The first kappa shape index (κ1) is 31.9. The Morgan fingerprint density at radius 2 is 2.00 bits per heavy atom. The van der Waals surface area contributed by atoms with E-state index in [1.54, 1.807) is 43.5 Å². The van der Waals surface area contributed by atoms with Crippen LogP contribution < -0.4 is 10.6 Å². The Kier molecular flexibility index (Phi) is 9.94. The molecule has 11 nitrogen and oxygen atoms in total. The zero-order valence-corrected chi connectivity index (χ0v) is 25.9. The van der Waals surface area contributed by atoms with Gasteiger partial charge in [-0.2, -0.15) is 0 Å². The van der Waals surface area contributed by atoms with E-state index in [1.807, 2.05) is 6.92 Å². The largest absolute Gasteiger partial charge is 0.463 e. The predicted molar refractivity (Wildman–Crippen MR) is 166 cm³/mol. The van der Waals surface area contributed by atoms with Crippen molar-refractivity contribution in [2.45, 2.75) is 45.6 Å². The van der Waals surface area contributed by atoms with Gasteiger partial charge in [0, 0.05) is 18.6 Å². The molecule has 2 bridgehead atoms. The molecule has 1 aliphatic heterocycles. The summed E-state index contributed by atoms with van der Waals surface area (Å²) >= 11 is 5.96. The Morgan fingerprint density at radius 1 is 1.18 bits per heavy atom. The number of fused-ring (bicyclic) bond motifs is 4. The number of anilines is 1. The van der Waals surface area contributed by atoms with Gasteiger partial charge in [0.15, 0.2) is 5.82 Å². The zero-order chi connectivity index (χ0) is 32.1. The van der Waals surface area contributed by atoms with Gasteiger partial charge in [-0.05, 0) is 43.5 Å². The number of hydrogen-bond acceptors (Lipinski definition) is 7. The number of H-pyrrole nitrogens is 1. The molecule has 0 radical (unpaired) electrons. The maximum Gasteiger partial charge on any atom is 0.310 e. The molecule has 2 aromatic heterocycles. The minimum Gasteiger partial charge on any atom is -0.463 e. The highest BCUT2D eigenvalue weighted by Gasteiger charge is 2.26. The van der Waals surface area contributed by atoms with Crippen LogP contribution in [0, 0.1) is 18.7 Å². The average Bonchev–Trinajstić information content (AvgIpc) is 3.65. The minimum absolute atomic E-state index is 0.0316. The van der Waals surface area contributed by atoms with Crippen LogP contribution in [0.25, 0.3) is 16.9 Å². The summed E-state index contributed by atoms with van der Waals surface area (Å²) in [6, 6.07) is 9.46. The van der Waals surface area contributed by atoms with Gasteiger partial charge < -0.3 is 25.1 Å². The van der Waals surface area contributed by atoms with E-state index in [0.717, 1.165) is 0 Å². The molecule has 4 aromatic rings. The number of nitrogens with one attached hydrogen (secondary N) is 3. The fourth-order valence-electron chi connectivity index (χ4n) is 5.22. The van der Waals surface area contributed by atoms with E-state index in [0.29, 0.717) is 59.9 Å². The zero-order valence-electron chi connectivity index (χ0n) is 25.2. The molecule has 1 aliphatic rings. The monoisotopic (exact) mass is 636 g/mol. The summed E-state index contributed by atoms with van der Waals surface area (Å²) in [4.78, 5) is 51.1. The maximum atomic E-state index is 14.7. The Bertz CT molecular complexity index is 1720. The lowest BCUT2D eigenvalue weighted by Gasteiger charge is -2.20. The predicted octanol–water partition coefficient (Wildman–Crippen LogP) is 5.33. The number of hydrogen-bond donors (Lipinski definition) is 3. The van der Waals surface area contributed by atoms with E-state index in [4.69, 9.17) is 21.1 Å². The molecular weight excluding hydrogens is 603 g/mol. The molecule has 13 heteroatoms. The Labute approximate surface area is 264 Å². The van der Waals surface area contributed by atoms with Crippen LogP contribution in [0.15, 0.2) is 48.9 Å². The summed E-state index contributed by atoms with van der Waals surface area (Å²) in [5.41, 5.74) is 3.27. The maximum absolute atomic E-state index is 14.7. The highest BCUT2D eigenvalue weighted by molar-refractivity contribution is 6.30. The molecule has 2 aromatic carbocycles. The quantitative estimate of drug-likeness (QED) is 0.176. The van der Waals surface area contributed by atoms with E-state index < -0.39 is 23.7 Å². The van der Waals surface area contributed by atoms with E-state index in [9.17, 15) is 18.8 Å². The second kappa shape index (κ2) is 14.0. The molecule has 0 unspecified atom stereocenters. The lowest BCUT2D eigenvalue weighted by molar-refractivity contribution is -0.144. The van der Waals surface area contributed by atoms with Gasteiger partial charge in [-0.25, -0.2) is 14.4 Å². The minimum atomic E-state index is -0.610. The first-order valence-corrected chi connectivity index (χ1v) is 15.0. The normalized spacial score (nSPS) is 16.6. The van der Waals surface area contributed by atoms with Gasteiger partial charge in [0.25, 0.3) is 5.91 Å². The third kappa shape index (κ3) is 7.23. The number of imidazole rings is 2. The van der Waals surface area contributed by atoms with E-state index in [1.165, 1.54) is 24.1 Å². The first-order chi connectivity index (χ1) is 21.7. The fourth-order valence-corrected chi connectivity index (χ4v) is 5.39. The van der Waals surface area contributed by atoms with Crippen molar-refractivity contribution in [3.05, 3.63) is 82.5 Å².